The predicted molar refractivity (Wildman–Crippen MR) is 88.2 cm³/mol. The summed E-state index contributed by atoms with van der Waals surface area (Å²) >= 11 is 0. The van der Waals surface area contributed by atoms with Crippen LogP contribution in [0.1, 0.15) is 24.8 Å². The zero-order chi connectivity index (χ0) is 16.8. The van der Waals surface area contributed by atoms with Gasteiger partial charge in [0, 0.05) is 32.5 Å². The first-order valence-electron chi connectivity index (χ1n) is 8.57. The number of nitrogens with zero attached hydrogens (tertiary/aromatic N) is 1. The molecule has 2 aliphatic heterocycles. The summed E-state index contributed by atoms with van der Waals surface area (Å²) in [5.41, 5.74) is 1.23. The van der Waals surface area contributed by atoms with Gasteiger partial charge in [-0.1, -0.05) is 30.3 Å². The molecule has 0 radical (unpaired) electrons. The highest BCUT2D eigenvalue weighted by atomic mass is 16.7. The summed E-state index contributed by atoms with van der Waals surface area (Å²) in [5, 5.41) is 2.72. The van der Waals surface area contributed by atoms with E-state index in [0.29, 0.717) is 45.7 Å². The smallest absolute Gasteiger partial charge is 0.311 e. The maximum Gasteiger partial charge on any atom is 0.311 e. The van der Waals surface area contributed by atoms with Gasteiger partial charge in [0.1, 0.15) is 0 Å². The van der Waals surface area contributed by atoms with Gasteiger partial charge in [-0.2, -0.15) is 0 Å². The first-order chi connectivity index (χ1) is 11.7. The van der Waals surface area contributed by atoms with Gasteiger partial charge in [-0.3, -0.25) is 9.59 Å². The van der Waals surface area contributed by atoms with Crippen LogP contribution in [0.5, 0.6) is 0 Å². The number of carbonyl (C=O) groups excluding carboxylic acids is 2. The third-order valence-electron chi connectivity index (χ3n) is 4.59. The van der Waals surface area contributed by atoms with Gasteiger partial charge < -0.3 is 19.7 Å². The summed E-state index contributed by atoms with van der Waals surface area (Å²) in [7, 11) is 0. The Bertz CT molecular complexity index is 560. The second-order valence-corrected chi connectivity index (χ2v) is 6.24. The topological polar surface area (TPSA) is 67.9 Å². The fourth-order valence-electron chi connectivity index (χ4n) is 3.19. The Morgan fingerprint density at radius 3 is 2.42 bits per heavy atom. The summed E-state index contributed by atoms with van der Waals surface area (Å²) in [6, 6.07) is 10.1. The lowest BCUT2D eigenvalue weighted by atomic mass is 10.0. The quantitative estimate of drug-likeness (QED) is 0.662. The molecular weight excluding hydrogens is 308 g/mol. The number of rotatable bonds is 4. The van der Waals surface area contributed by atoms with Crippen LogP contribution < -0.4 is 5.32 Å². The summed E-state index contributed by atoms with van der Waals surface area (Å²) in [6.45, 7) is 2.71. The molecule has 0 bridgehead atoms. The summed E-state index contributed by atoms with van der Waals surface area (Å²) < 4.78 is 11.3. The van der Waals surface area contributed by atoms with E-state index in [0.717, 1.165) is 12.8 Å². The molecule has 0 atom stereocenters. The second-order valence-electron chi connectivity index (χ2n) is 6.24. The Hall–Kier alpha value is -1.92. The van der Waals surface area contributed by atoms with Gasteiger partial charge in [0.15, 0.2) is 5.79 Å². The summed E-state index contributed by atoms with van der Waals surface area (Å²) in [4.78, 5) is 25.8. The normalized spacial score (nSPS) is 19.4. The van der Waals surface area contributed by atoms with Crippen molar-refractivity contribution >= 4 is 11.8 Å². The number of benzene rings is 1. The number of hydrogen-bond donors (Lipinski definition) is 1. The predicted octanol–water partition coefficient (Wildman–Crippen LogP) is 1.10. The molecule has 2 saturated heterocycles. The van der Waals surface area contributed by atoms with Gasteiger partial charge in [0.25, 0.3) is 0 Å². The highest BCUT2D eigenvalue weighted by molar-refractivity contribution is 6.35. The maximum absolute atomic E-state index is 12.2. The van der Waals surface area contributed by atoms with Crippen LogP contribution in [0.15, 0.2) is 30.3 Å². The van der Waals surface area contributed by atoms with E-state index in [9.17, 15) is 9.59 Å². The van der Waals surface area contributed by atoms with Gasteiger partial charge >= 0.3 is 11.8 Å². The van der Waals surface area contributed by atoms with Crippen molar-refractivity contribution in [1.82, 2.24) is 10.2 Å². The molecule has 24 heavy (non-hydrogen) atoms. The molecule has 0 aliphatic carbocycles. The molecule has 0 saturated carbocycles. The lowest BCUT2D eigenvalue weighted by Gasteiger charge is -2.37. The van der Waals surface area contributed by atoms with Crippen LogP contribution in [0, 0.1) is 0 Å². The maximum atomic E-state index is 12.2. The van der Waals surface area contributed by atoms with Crippen molar-refractivity contribution in [3.8, 4) is 0 Å². The van der Waals surface area contributed by atoms with Gasteiger partial charge in [-0.05, 0) is 18.4 Å². The first-order valence-corrected chi connectivity index (χ1v) is 8.57. The number of aryl methyl sites for hydroxylation is 1. The molecule has 2 amide bonds. The highest BCUT2D eigenvalue weighted by Crippen LogP contribution is 2.31. The van der Waals surface area contributed by atoms with E-state index in [1.54, 1.807) is 4.90 Å². The van der Waals surface area contributed by atoms with Gasteiger partial charge in [-0.25, -0.2) is 0 Å². The molecule has 0 unspecified atom stereocenters. The SMILES string of the molecule is O=C(NCCCc1ccccc1)C(=O)N1CCC2(CC1)OCCO2. The molecule has 2 heterocycles. The molecule has 2 fully saturated rings. The number of piperidine rings is 1. The van der Waals surface area contributed by atoms with Crippen molar-refractivity contribution in [2.24, 2.45) is 0 Å². The minimum Gasteiger partial charge on any atom is -0.348 e. The molecule has 130 valence electrons. The van der Waals surface area contributed by atoms with E-state index < -0.39 is 17.6 Å². The van der Waals surface area contributed by atoms with Gasteiger partial charge in [-0.15, -0.1) is 0 Å². The molecule has 1 aromatic rings. The van der Waals surface area contributed by atoms with E-state index in [1.807, 2.05) is 18.2 Å². The lowest BCUT2D eigenvalue weighted by molar-refractivity contribution is -0.188. The third-order valence-corrected chi connectivity index (χ3v) is 4.59. The minimum absolute atomic E-state index is 0.456. The lowest BCUT2D eigenvalue weighted by Crippen LogP contribution is -2.51. The van der Waals surface area contributed by atoms with Gasteiger partial charge in [0.2, 0.25) is 0 Å². The standard InChI is InChI=1S/C18H24N2O4/c21-16(19-10-4-7-15-5-2-1-3-6-15)17(22)20-11-8-18(9-12-20)23-13-14-24-18/h1-3,5-6H,4,7-14H2,(H,19,21). The highest BCUT2D eigenvalue weighted by Gasteiger charge is 2.41. The molecule has 6 nitrogen and oxygen atoms in total. The van der Waals surface area contributed by atoms with Gasteiger partial charge in [0.05, 0.1) is 13.2 Å². The molecule has 3 rings (SSSR count). The third kappa shape index (κ3) is 4.13. The Balaban J connectivity index is 1.37. The van der Waals surface area contributed by atoms with Crippen LogP contribution >= 0.6 is 0 Å². The number of carbonyl (C=O) groups is 2. The van der Waals surface area contributed by atoms with Crippen molar-refractivity contribution in [1.29, 1.82) is 0 Å². The first kappa shape index (κ1) is 16.9. The zero-order valence-corrected chi connectivity index (χ0v) is 13.8. The Kier molecular flexibility index (Phi) is 5.48. The van der Waals surface area contributed by atoms with Crippen LogP contribution in [0.2, 0.25) is 0 Å². The van der Waals surface area contributed by atoms with Crippen molar-refractivity contribution in [2.75, 3.05) is 32.8 Å². The molecule has 0 aromatic heterocycles. The van der Waals surface area contributed by atoms with E-state index >= 15 is 0 Å². The van der Waals surface area contributed by atoms with E-state index in [-0.39, 0.29) is 0 Å². The van der Waals surface area contributed by atoms with Crippen molar-refractivity contribution in [3.63, 3.8) is 0 Å². The summed E-state index contributed by atoms with van der Waals surface area (Å²) in [6.07, 6.45) is 2.95. The largest absolute Gasteiger partial charge is 0.348 e. The molecule has 1 aromatic carbocycles. The Morgan fingerprint density at radius 1 is 1.08 bits per heavy atom. The number of ether oxygens (including phenoxy) is 2. The minimum atomic E-state index is -0.525. The van der Waals surface area contributed by atoms with Crippen LogP contribution in [-0.4, -0.2) is 55.3 Å². The van der Waals surface area contributed by atoms with E-state index in [1.165, 1.54) is 5.56 Å². The van der Waals surface area contributed by atoms with Crippen LogP contribution in [0.25, 0.3) is 0 Å². The van der Waals surface area contributed by atoms with Crippen molar-refractivity contribution < 1.29 is 19.1 Å². The zero-order valence-electron chi connectivity index (χ0n) is 13.8. The van der Waals surface area contributed by atoms with E-state index in [4.69, 9.17) is 9.47 Å². The molecule has 2 aliphatic rings. The molecule has 1 N–H and O–H groups in total. The Morgan fingerprint density at radius 2 is 1.75 bits per heavy atom. The van der Waals surface area contributed by atoms with Crippen LogP contribution in [0.3, 0.4) is 0 Å². The second kappa shape index (κ2) is 7.77. The summed E-state index contributed by atoms with van der Waals surface area (Å²) in [5.74, 6) is -1.50. The van der Waals surface area contributed by atoms with E-state index in [2.05, 4.69) is 17.4 Å². The van der Waals surface area contributed by atoms with Crippen LogP contribution in [-0.2, 0) is 25.5 Å². The van der Waals surface area contributed by atoms with Crippen molar-refractivity contribution in [2.45, 2.75) is 31.5 Å². The number of nitrogens with one attached hydrogen (secondary N) is 1. The fraction of sp³-hybridized carbons (Fsp3) is 0.556. The average Bonchev–Trinajstić information content (AvgIpc) is 3.07. The molecule has 6 heteroatoms. The number of likely N-dealkylation sites (tertiary alicyclic amines) is 1. The molecular formula is C18H24N2O4. The fourth-order valence-corrected chi connectivity index (χ4v) is 3.19. The monoisotopic (exact) mass is 332 g/mol. The number of amides is 2. The van der Waals surface area contributed by atoms with Crippen molar-refractivity contribution in [3.05, 3.63) is 35.9 Å². The number of hydrogen-bond acceptors (Lipinski definition) is 4. The molecule has 1 spiro atoms. The van der Waals surface area contributed by atoms with Crippen LogP contribution in [0.4, 0.5) is 0 Å². The Labute approximate surface area is 142 Å². The average molecular weight is 332 g/mol.